The van der Waals surface area contributed by atoms with Gasteiger partial charge in [0.15, 0.2) is 5.84 Å². The summed E-state index contributed by atoms with van der Waals surface area (Å²) in [6.45, 7) is 0.793. The van der Waals surface area contributed by atoms with E-state index in [-0.39, 0.29) is 5.84 Å². The van der Waals surface area contributed by atoms with Gasteiger partial charge in [-0.25, -0.2) is 4.98 Å². The molecule has 0 saturated heterocycles. The van der Waals surface area contributed by atoms with Crippen LogP contribution < -0.4 is 5.73 Å². The maximum atomic E-state index is 6.14. The van der Waals surface area contributed by atoms with Crippen LogP contribution in [-0.2, 0) is 6.54 Å². The molecule has 5 rings (SSSR count). The van der Waals surface area contributed by atoms with E-state index >= 15 is 0 Å². The molecule has 0 bridgehead atoms. The summed E-state index contributed by atoms with van der Waals surface area (Å²) in [4.78, 5) is 4.57. The maximum Gasteiger partial charge on any atom is 0.172 e. The van der Waals surface area contributed by atoms with Crippen LogP contribution in [0.2, 0.25) is 0 Å². The molecule has 2 N–H and O–H groups in total. The van der Waals surface area contributed by atoms with E-state index < -0.39 is 0 Å². The van der Waals surface area contributed by atoms with E-state index in [2.05, 4.69) is 62.3 Å². The molecule has 0 atom stereocenters. The second kappa shape index (κ2) is 8.24. The van der Waals surface area contributed by atoms with E-state index in [0.29, 0.717) is 5.69 Å². The Morgan fingerprint density at radius 1 is 0.871 bits per heavy atom. The number of para-hydroxylation sites is 2. The fraction of sp³-hybridized carbons (Fsp3) is 0.0385. The number of rotatable bonds is 5. The van der Waals surface area contributed by atoms with Crippen molar-refractivity contribution in [3.05, 3.63) is 114 Å². The Morgan fingerprint density at radius 3 is 2.55 bits per heavy atom. The standard InChI is InChI=1S/C26H21N5/c27-26(24-15-14-20-10-4-6-12-23(20)29-24)30-28-16-21-18-31(17-19-8-2-1-3-9-19)25-13-7-5-11-22(21)25/h1-16,18H,17H2,(H2,27,30)/b28-16-. The van der Waals surface area contributed by atoms with Gasteiger partial charge in [-0.1, -0.05) is 72.8 Å². The van der Waals surface area contributed by atoms with Gasteiger partial charge in [0.05, 0.1) is 11.7 Å². The number of hydrogen-bond donors (Lipinski definition) is 1. The quantitative estimate of drug-likeness (QED) is 0.255. The molecule has 31 heavy (non-hydrogen) atoms. The summed E-state index contributed by atoms with van der Waals surface area (Å²) < 4.78 is 2.23. The lowest BCUT2D eigenvalue weighted by Crippen LogP contribution is -2.14. The number of aromatic nitrogens is 2. The van der Waals surface area contributed by atoms with Crippen LogP contribution in [0.15, 0.2) is 107 Å². The molecule has 0 aliphatic heterocycles. The minimum atomic E-state index is 0.287. The SMILES string of the molecule is N/C(=N\N=C/c1cn(Cc2ccccc2)c2ccccc12)c1ccc2ccccc2n1. The van der Waals surface area contributed by atoms with E-state index in [1.54, 1.807) is 6.21 Å². The highest BCUT2D eigenvalue weighted by molar-refractivity contribution is 6.01. The van der Waals surface area contributed by atoms with Crippen molar-refractivity contribution in [1.29, 1.82) is 0 Å². The molecule has 5 nitrogen and oxygen atoms in total. The van der Waals surface area contributed by atoms with Crippen molar-refractivity contribution in [3.8, 4) is 0 Å². The van der Waals surface area contributed by atoms with Crippen molar-refractivity contribution >= 4 is 33.9 Å². The zero-order valence-electron chi connectivity index (χ0n) is 16.9. The summed E-state index contributed by atoms with van der Waals surface area (Å²) in [6, 6.07) is 30.5. The third kappa shape index (κ3) is 3.94. The zero-order valence-corrected chi connectivity index (χ0v) is 16.9. The van der Waals surface area contributed by atoms with Crippen LogP contribution in [0, 0.1) is 0 Å². The number of pyridine rings is 1. The molecule has 150 valence electrons. The predicted molar refractivity (Wildman–Crippen MR) is 128 cm³/mol. The number of amidine groups is 1. The molecule has 0 saturated carbocycles. The summed E-state index contributed by atoms with van der Waals surface area (Å²) in [5, 5.41) is 10.6. The highest BCUT2D eigenvalue weighted by atomic mass is 15.2. The van der Waals surface area contributed by atoms with Crippen LogP contribution in [0.4, 0.5) is 0 Å². The number of hydrogen-bond acceptors (Lipinski definition) is 3. The molecule has 3 aromatic carbocycles. The Labute approximate surface area is 180 Å². The Hall–Kier alpha value is -4.25. The highest BCUT2D eigenvalue weighted by Gasteiger charge is 2.07. The van der Waals surface area contributed by atoms with Crippen LogP contribution in [0.3, 0.4) is 0 Å². The molecular weight excluding hydrogens is 382 g/mol. The van der Waals surface area contributed by atoms with Gasteiger partial charge in [0.25, 0.3) is 0 Å². The van der Waals surface area contributed by atoms with Gasteiger partial charge in [0.2, 0.25) is 0 Å². The van der Waals surface area contributed by atoms with Gasteiger partial charge in [-0.2, -0.15) is 5.10 Å². The molecule has 0 amide bonds. The van der Waals surface area contributed by atoms with Crippen molar-refractivity contribution < 1.29 is 0 Å². The van der Waals surface area contributed by atoms with E-state index in [9.17, 15) is 0 Å². The van der Waals surface area contributed by atoms with Crippen molar-refractivity contribution in [2.24, 2.45) is 15.9 Å². The molecule has 5 heteroatoms. The van der Waals surface area contributed by atoms with Crippen LogP contribution in [0.1, 0.15) is 16.8 Å². The molecule has 0 aliphatic rings. The summed E-state index contributed by atoms with van der Waals surface area (Å²) in [5.41, 5.74) is 11.0. The van der Waals surface area contributed by atoms with E-state index in [1.165, 1.54) is 5.56 Å². The topological polar surface area (TPSA) is 68.6 Å². The summed E-state index contributed by atoms with van der Waals surface area (Å²) in [6.07, 6.45) is 3.85. The normalized spacial score (nSPS) is 12.2. The van der Waals surface area contributed by atoms with Crippen LogP contribution >= 0.6 is 0 Å². The third-order valence-electron chi connectivity index (χ3n) is 5.24. The number of nitrogens with two attached hydrogens (primary N) is 1. The zero-order chi connectivity index (χ0) is 21.0. The van der Waals surface area contributed by atoms with Gasteiger partial charge < -0.3 is 10.3 Å². The monoisotopic (exact) mass is 403 g/mol. The first-order valence-electron chi connectivity index (χ1n) is 10.1. The molecule has 0 fully saturated rings. The smallest absolute Gasteiger partial charge is 0.172 e. The van der Waals surface area contributed by atoms with Crippen LogP contribution in [0.25, 0.3) is 21.8 Å². The first-order chi connectivity index (χ1) is 15.3. The molecule has 0 radical (unpaired) electrons. The first-order valence-corrected chi connectivity index (χ1v) is 10.1. The molecule has 5 aromatic rings. The molecule has 2 aromatic heterocycles. The van der Waals surface area contributed by atoms with Gasteiger partial charge in [0, 0.05) is 34.6 Å². The molecular formula is C26H21N5. The fourth-order valence-electron chi connectivity index (χ4n) is 3.70. The minimum absolute atomic E-state index is 0.287. The van der Waals surface area contributed by atoms with Gasteiger partial charge in [-0.15, -0.1) is 5.10 Å². The van der Waals surface area contributed by atoms with Crippen molar-refractivity contribution in [3.63, 3.8) is 0 Å². The average Bonchev–Trinajstić information content (AvgIpc) is 3.17. The largest absolute Gasteiger partial charge is 0.380 e. The molecule has 0 spiro atoms. The van der Waals surface area contributed by atoms with E-state index in [4.69, 9.17) is 5.73 Å². The number of nitrogens with zero attached hydrogens (tertiary/aromatic N) is 4. The molecule has 0 aliphatic carbocycles. The lowest BCUT2D eigenvalue weighted by atomic mass is 10.2. The lowest BCUT2D eigenvalue weighted by molar-refractivity contribution is 0.836. The Balaban J connectivity index is 1.44. The fourth-order valence-corrected chi connectivity index (χ4v) is 3.70. The second-order valence-corrected chi connectivity index (χ2v) is 7.33. The maximum absolute atomic E-state index is 6.14. The Morgan fingerprint density at radius 2 is 1.65 bits per heavy atom. The summed E-state index contributed by atoms with van der Waals surface area (Å²) >= 11 is 0. The van der Waals surface area contributed by atoms with E-state index in [0.717, 1.165) is 33.9 Å². The number of fused-ring (bicyclic) bond motifs is 2. The minimum Gasteiger partial charge on any atom is -0.380 e. The Kier molecular flexibility index (Phi) is 4.99. The number of benzene rings is 3. The van der Waals surface area contributed by atoms with Crippen LogP contribution in [-0.4, -0.2) is 21.6 Å². The van der Waals surface area contributed by atoms with Crippen molar-refractivity contribution in [2.45, 2.75) is 6.54 Å². The van der Waals surface area contributed by atoms with Gasteiger partial charge in [-0.05, 0) is 23.8 Å². The average molecular weight is 403 g/mol. The van der Waals surface area contributed by atoms with Gasteiger partial charge in [0.1, 0.15) is 5.69 Å². The predicted octanol–water partition coefficient (Wildman–Crippen LogP) is 4.98. The second-order valence-electron chi connectivity index (χ2n) is 7.33. The van der Waals surface area contributed by atoms with Crippen molar-refractivity contribution in [2.75, 3.05) is 0 Å². The van der Waals surface area contributed by atoms with Gasteiger partial charge in [-0.3, -0.25) is 0 Å². The first kappa shape index (κ1) is 18.8. The highest BCUT2D eigenvalue weighted by Crippen LogP contribution is 2.21. The summed E-state index contributed by atoms with van der Waals surface area (Å²) in [7, 11) is 0. The van der Waals surface area contributed by atoms with Gasteiger partial charge >= 0.3 is 0 Å². The van der Waals surface area contributed by atoms with E-state index in [1.807, 2.05) is 54.6 Å². The lowest BCUT2D eigenvalue weighted by Gasteiger charge is -2.05. The Bertz CT molecular complexity index is 1410. The summed E-state index contributed by atoms with van der Waals surface area (Å²) in [5.74, 6) is 0.287. The van der Waals surface area contributed by atoms with Crippen LogP contribution in [0.5, 0.6) is 0 Å². The van der Waals surface area contributed by atoms with Crippen molar-refractivity contribution in [1.82, 2.24) is 9.55 Å². The molecule has 2 heterocycles. The third-order valence-corrected chi connectivity index (χ3v) is 5.24. The molecule has 0 unspecified atom stereocenters.